The molecule has 0 N–H and O–H groups in total. The molecule has 160 valence electrons. The van der Waals surface area contributed by atoms with E-state index in [-0.39, 0.29) is 11.8 Å². The number of methoxy groups -OCH3 is 2. The normalized spacial score (nSPS) is 18.2. The van der Waals surface area contributed by atoms with E-state index in [1.807, 2.05) is 22.4 Å². The number of thiophene rings is 1. The Bertz CT molecular complexity index is 708. The van der Waals surface area contributed by atoms with Crippen LogP contribution in [0.1, 0.15) is 4.88 Å². The van der Waals surface area contributed by atoms with Crippen molar-refractivity contribution in [3.8, 4) is 0 Å². The van der Waals surface area contributed by atoms with Gasteiger partial charge in [0.15, 0.2) is 0 Å². The number of imide groups is 1. The molecular weight excluding hydrogens is 394 g/mol. The van der Waals surface area contributed by atoms with E-state index >= 15 is 0 Å². The summed E-state index contributed by atoms with van der Waals surface area (Å²) in [5.74, 6) is -0.459. The molecule has 0 unspecified atom stereocenters. The van der Waals surface area contributed by atoms with E-state index in [0.717, 1.165) is 18.0 Å². The molecule has 9 heteroatoms. The minimum Gasteiger partial charge on any atom is -0.383 e. The topological polar surface area (TPSA) is 71.6 Å². The SMILES string of the molecule is COCCN(CCOC)C1=C(c2cccs2)C(=O)N(CCN2CCOCC2)C1=O. The number of nitrogens with zero attached hydrogens (tertiary/aromatic N) is 3. The van der Waals surface area contributed by atoms with Crippen molar-refractivity contribution in [3.05, 3.63) is 28.1 Å². The van der Waals surface area contributed by atoms with Gasteiger partial charge in [0.05, 0.1) is 32.0 Å². The molecule has 29 heavy (non-hydrogen) atoms. The van der Waals surface area contributed by atoms with Crippen LogP contribution in [-0.2, 0) is 23.8 Å². The second-order valence-electron chi connectivity index (χ2n) is 6.89. The molecule has 1 aromatic rings. The number of morpholine rings is 1. The first-order valence-electron chi connectivity index (χ1n) is 9.84. The van der Waals surface area contributed by atoms with Gasteiger partial charge in [-0.15, -0.1) is 11.3 Å². The number of ether oxygens (including phenoxy) is 3. The molecule has 0 bridgehead atoms. The predicted octanol–water partition coefficient (Wildman–Crippen LogP) is 0.755. The Labute approximate surface area is 175 Å². The van der Waals surface area contributed by atoms with Crippen LogP contribution in [0.2, 0.25) is 0 Å². The molecular formula is C20H29N3O5S. The fourth-order valence-electron chi connectivity index (χ4n) is 3.51. The third kappa shape index (κ3) is 5.23. The van der Waals surface area contributed by atoms with Crippen LogP contribution in [0.4, 0.5) is 0 Å². The van der Waals surface area contributed by atoms with Crippen molar-refractivity contribution in [2.45, 2.75) is 0 Å². The Kier molecular flexibility index (Phi) is 8.19. The van der Waals surface area contributed by atoms with Crippen molar-refractivity contribution in [1.82, 2.24) is 14.7 Å². The van der Waals surface area contributed by atoms with Gasteiger partial charge in [0, 0.05) is 58.4 Å². The van der Waals surface area contributed by atoms with Crippen molar-refractivity contribution in [2.24, 2.45) is 0 Å². The number of rotatable bonds is 11. The van der Waals surface area contributed by atoms with Gasteiger partial charge in [-0.2, -0.15) is 0 Å². The van der Waals surface area contributed by atoms with E-state index in [4.69, 9.17) is 14.2 Å². The summed E-state index contributed by atoms with van der Waals surface area (Å²) >= 11 is 1.47. The quantitative estimate of drug-likeness (QED) is 0.487. The zero-order chi connectivity index (χ0) is 20.6. The molecule has 8 nitrogen and oxygen atoms in total. The number of carbonyl (C=O) groups is 2. The van der Waals surface area contributed by atoms with Crippen LogP contribution in [0.25, 0.3) is 5.57 Å². The van der Waals surface area contributed by atoms with Gasteiger partial charge in [-0.1, -0.05) is 6.07 Å². The van der Waals surface area contributed by atoms with E-state index in [1.165, 1.54) is 16.2 Å². The Morgan fingerprint density at radius 1 is 1.07 bits per heavy atom. The van der Waals surface area contributed by atoms with Gasteiger partial charge in [0.25, 0.3) is 11.8 Å². The van der Waals surface area contributed by atoms with Crippen LogP contribution < -0.4 is 0 Å². The summed E-state index contributed by atoms with van der Waals surface area (Å²) in [6.45, 7) is 5.99. The molecule has 1 saturated heterocycles. The Hall–Kier alpha value is -1.78. The fourth-order valence-corrected chi connectivity index (χ4v) is 4.27. The van der Waals surface area contributed by atoms with Gasteiger partial charge in [-0.3, -0.25) is 19.4 Å². The van der Waals surface area contributed by atoms with E-state index in [1.54, 1.807) is 14.2 Å². The van der Waals surface area contributed by atoms with E-state index in [0.29, 0.717) is 63.9 Å². The summed E-state index contributed by atoms with van der Waals surface area (Å²) in [5.41, 5.74) is 0.938. The highest BCUT2D eigenvalue weighted by atomic mass is 32.1. The molecule has 3 rings (SSSR count). The molecule has 2 aliphatic rings. The highest BCUT2D eigenvalue weighted by Gasteiger charge is 2.41. The lowest BCUT2D eigenvalue weighted by Crippen LogP contribution is -2.44. The Balaban J connectivity index is 1.83. The molecule has 2 amide bonds. The van der Waals surface area contributed by atoms with Crippen LogP contribution >= 0.6 is 11.3 Å². The summed E-state index contributed by atoms with van der Waals surface area (Å²) in [6, 6.07) is 3.79. The van der Waals surface area contributed by atoms with E-state index in [9.17, 15) is 9.59 Å². The van der Waals surface area contributed by atoms with Gasteiger partial charge < -0.3 is 19.1 Å². The smallest absolute Gasteiger partial charge is 0.277 e. The van der Waals surface area contributed by atoms with Crippen LogP contribution in [0.5, 0.6) is 0 Å². The van der Waals surface area contributed by atoms with Crippen LogP contribution in [0.15, 0.2) is 23.2 Å². The summed E-state index contributed by atoms with van der Waals surface area (Å²) in [4.78, 5) is 32.9. The van der Waals surface area contributed by atoms with Crippen LogP contribution in [-0.4, -0.2) is 106 Å². The maximum absolute atomic E-state index is 13.3. The predicted molar refractivity (Wildman–Crippen MR) is 111 cm³/mol. The van der Waals surface area contributed by atoms with Crippen molar-refractivity contribution in [3.63, 3.8) is 0 Å². The molecule has 0 aliphatic carbocycles. The van der Waals surface area contributed by atoms with Gasteiger partial charge in [0.2, 0.25) is 0 Å². The summed E-state index contributed by atoms with van der Waals surface area (Å²) < 4.78 is 15.8. The van der Waals surface area contributed by atoms with Gasteiger partial charge >= 0.3 is 0 Å². The first-order valence-corrected chi connectivity index (χ1v) is 10.7. The highest BCUT2D eigenvalue weighted by molar-refractivity contribution is 7.11. The summed E-state index contributed by atoms with van der Waals surface area (Å²) in [5, 5.41) is 1.92. The average Bonchev–Trinajstić information content (AvgIpc) is 3.34. The molecule has 3 heterocycles. The lowest BCUT2D eigenvalue weighted by Gasteiger charge is -2.28. The maximum atomic E-state index is 13.3. The van der Waals surface area contributed by atoms with Crippen molar-refractivity contribution in [2.75, 3.05) is 79.9 Å². The Morgan fingerprint density at radius 3 is 2.34 bits per heavy atom. The minimum atomic E-state index is -0.237. The second-order valence-corrected chi connectivity index (χ2v) is 7.84. The summed E-state index contributed by atoms with van der Waals surface area (Å²) in [6.07, 6.45) is 0. The van der Waals surface area contributed by atoms with Gasteiger partial charge in [0.1, 0.15) is 5.70 Å². The zero-order valence-electron chi connectivity index (χ0n) is 17.1. The molecule has 0 spiro atoms. The highest BCUT2D eigenvalue weighted by Crippen LogP contribution is 2.33. The number of hydrogen-bond donors (Lipinski definition) is 0. The number of carbonyl (C=O) groups excluding carboxylic acids is 2. The van der Waals surface area contributed by atoms with Gasteiger partial charge in [-0.25, -0.2) is 0 Å². The standard InChI is InChI=1S/C20H29N3O5S/c1-26-11-9-22(10-12-27-2)18-17(16-4-3-15-29-16)19(24)23(20(18)25)6-5-21-7-13-28-14-8-21/h3-4,15H,5-14H2,1-2H3. The lowest BCUT2D eigenvalue weighted by molar-refractivity contribution is -0.138. The van der Waals surface area contributed by atoms with Crippen LogP contribution in [0.3, 0.4) is 0 Å². The van der Waals surface area contributed by atoms with Crippen molar-refractivity contribution in [1.29, 1.82) is 0 Å². The zero-order valence-corrected chi connectivity index (χ0v) is 17.9. The van der Waals surface area contributed by atoms with E-state index in [2.05, 4.69) is 4.90 Å². The first kappa shape index (κ1) is 21.9. The van der Waals surface area contributed by atoms with Crippen molar-refractivity contribution >= 4 is 28.7 Å². The molecule has 0 atom stereocenters. The molecule has 2 aliphatic heterocycles. The molecule has 1 fully saturated rings. The van der Waals surface area contributed by atoms with Gasteiger partial charge in [-0.05, 0) is 11.4 Å². The minimum absolute atomic E-state index is 0.222. The first-order chi connectivity index (χ1) is 14.2. The van der Waals surface area contributed by atoms with E-state index < -0.39 is 0 Å². The molecule has 0 aromatic carbocycles. The van der Waals surface area contributed by atoms with Crippen molar-refractivity contribution < 1.29 is 23.8 Å². The molecule has 0 radical (unpaired) electrons. The third-order valence-electron chi connectivity index (χ3n) is 5.10. The monoisotopic (exact) mass is 423 g/mol. The molecule has 1 aromatic heterocycles. The number of amides is 2. The lowest BCUT2D eigenvalue weighted by atomic mass is 10.1. The number of hydrogen-bond acceptors (Lipinski definition) is 8. The summed E-state index contributed by atoms with van der Waals surface area (Å²) in [7, 11) is 3.25. The third-order valence-corrected chi connectivity index (χ3v) is 5.99. The largest absolute Gasteiger partial charge is 0.383 e. The molecule has 0 saturated carbocycles. The Morgan fingerprint density at radius 2 is 1.76 bits per heavy atom. The van der Waals surface area contributed by atoms with Crippen LogP contribution in [0, 0.1) is 0 Å². The maximum Gasteiger partial charge on any atom is 0.277 e. The average molecular weight is 424 g/mol. The second kappa shape index (κ2) is 10.8. The fraction of sp³-hybridized carbons (Fsp3) is 0.600.